The summed E-state index contributed by atoms with van der Waals surface area (Å²) in [5.41, 5.74) is 5.36. The van der Waals surface area contributed by atoms with Gasteiger partial charge in [0.1, 0.15) is 11.5 Å². The standard InChI is InChI=1S/C22H23N3O4S/c1-4-17-20(21(26)28-3)30-22(24-17)25-23-13-16-11-8-12-18(27-2)19(16)29-14-15-9-6-5-7-10-15/h5-13H,4,14H2,1-3H3,(H,24,25)/b23-13-. The van der Waals surface area contributed by atoms with Gasteiger partial charge in [0, 0.05) is 5.56 Å². The smallest absolute Gasteiger partial charge is 0.350 e. The average molecular weight is 426 g/mol. The van der Waals surface area contributed by atoms with Crippen LogP contribution in [0.4, 0.5) is 5.13 Å². The predicted molar refractivity (Wildman–Crippen MR) is 118 cm³/mol. The van der Waals surface area contributed by atoms with Crippen molar-refractivity contribution in [3.63, 3.8) is 0 Å². The third kappa shape index (κ3) is 5.15. The molecule has 0 amide bonds. The largest absolute Gasteiger partial charge is 0.493 e. The van der Waals surface area contributed by atoms with Crippen molar-refractivity contribution in [1.29, 1.82) is 0 Å². The van der Waals surface area contributed by atoms with E-state index in [0.29, 0.717) is 40.2 Å². The zero-order valence-corrected chi connectivity index (χ0v) is 17.9. The molecular weight excluding hydrogens is 402 g/mol. The number of anilines is 1. The van der Waals surface area contributed by atoms with Crippen molar-refractivity contribution in [3.05, 3.63) is 70.2 Å². The SMILES string of the molecule is CCc1nc(N/N=C\c2cccc(OC)c2OCc2ccccc2)sc1C(=O)OC. The minimum Gasteiger partial charge on any atom is -0.493 e. The first-order valence-corrected chi connectivity index (χ1v) is 10.2. The molecule has 30 heavy (non-hydrogen) atoms. The second-order valence-electron chi connectivity index (χ2n) is 6.16. The van der Waals surface area contributed by atoms with Crippen LogP contribution in [0.1, 0.15) is 33.4 Å². The number of methoxy groups -OCH3 is 2. The Hall–Kier alpha value is -3.39. The molecule has 0 aliphatic rings. The van der Waals surface area contributed by atoms with Gasteiger partial charge in [-0.1, -0.05) is 54.7 Å². The lowest BCUT2D eigenvalue weighted by Crippen LogP contribution is -2.01. The molecule has 3 aromatic rings. The minimum absolute atomic E-state index is 0.397. The fourth-order valence-corrected chi connectivity index (χ4v) is 3.65. The summed E-state index contributed by atoms with van der Waals surface area (Å²) >= 11 is 1.20. The van der Waals surface area contributed by atoms with Gasteiger partial charge in [-0.25, -0.2) is 9.78 Å². The fourth-order valence-electron chi connectivity index (χ4n) is 2.73. The predicted octanol–water partition coefficient (Wildman–Crippen LogP) is 4.53. The molecule has 3 rings (SSSR count). The summed E-state index contributed by atoms with van der Waals surface area (Å²) in [6.07, 6.45) is 2.26. The van der Waals surface area contributed by atoms with E-state index in [0.717, 1.165) is 11.1 Å². The Kier molecular flexibility index (Phi) is 7.40. The number of rotatable bonds is 9. The average Bonchev–Trinajstić information content (AvgIpc) is 3.21. The Bertz CT molecular complexity index is 1020. The topological polar surface area (TPSA) is 82.0 Å². The van der Waals surface area contributed by atoms with E-state index >= 15 is 0 Å². The number of nitrogens with one attached hydrogen (secondary N) is 1. The van der Waals surface area contributed by atoms with Crippen molar-refractivity contribution in [1.82, 2.24) is 4.98 Å². The lowest BCUT2D eigenvalue weighted by Gasteiger charge is -2.13. The van der Waals surface area contributed by atoms with E-state index < -0.39 is 5.97 Å². The van der Waals surface area contributed by atoms with Gasteiger partial charge in [0.15, 0.2) is 11.5 Å². The van der Waals surface area contributed by atoms with Crippen molar-refractivity contribution in [2.75, 3.05) is 19.6 Å². The highest BCUT2D eigenvalue weighted by molar-refractivity contribution is 7.17. The van der Waals surface area contributed by atoms with Crippen LogP contribution in [-0.4, -0.2) is 31.4 Å². The molecule has 0 bridgehead atoms. The number of nitrogens with zero attached hydrogens (tertiary/aromatic N) is 2. The molecule has 0 atom stereocenters. The molecule has 1 aromatic heterocycles. The summed E-state index contributed by atoms with van der Waals surface area (Å²) in [6, 6.07) is 15.5. The number of carbonyl (C=O) groups is 1. The summed E-state index contributed by atoms with van der Waals surface area (Å²) in [6.45, 7) is 2.34. The quantitative estimate of drug-likeness (QED) is 0.308. The monoisotopic (exact) mass is 425 g/mol. The summed E-state index contributed by atoms with van der Waals surface area (Å²) < 4.78 is 16.3. The highest BCUT2D eigenvalue weighted by atomic mass is 32.1. The summed E-state index contributed by atoms with van der Waals surface area (Å²) in [5, 5.41) is 4.77. The highest BCUT2D eigenvalue weighted by Gasteiger charge is 2.17. The van der Waals surface area contributed by atoms with Crippen LogP contribution in [0.15, 0.2) is 53.6 Å². The molecule has 8 heteroatoms. The Morgan fingerprint density at radius 1 is 1.17 bits per heavy atom. The van der Waals surface area contributed by atoms with Gasteiger partial charge in [0.25, 0.3) is 0 Å². The number of para-hydroxylation sites is 1. The first kappa shape index (κ1) is 21.3. The van der Waals surface area contributed by atoms with Crippen molar-refractivity contribution >= 4 is 28.7 Å². The molecule has 1 N–H and O–H groups in total. The summed E-state index contributed by atoms with van der Waals surface area (Å²) in [5.74, 6) is 0.814. The molecule has 0 aliphatic carbocycles. The van der Waals surface area contributed by atoms with Gasteiger partial charge < -0.3 is 14.2 Å². The number of ether oxygens (including phenoxy) is 3. The lowest BCUT2D eigenvalue weighted by molar-refractivity contribution is 0.0605. The molecule has 0 saturated heterocycles. The number of aromatic nitrogens is 1. The summed E-state index contributed by atoms with van der Waals surface area (Å²) in [4.78, 5) is 16.7. The lowest BCUT2D eigenvalue weighted by atomic mass is 10.2. The molecule has 2 aromatic carbocycles. The van der Waals surface area contributed by atoms with Gasteiger partial charge in [0.2, 0.25) is 5.13 Å². The van der Waals surface area contributed by atoms with E-state index in [9.17, 15) is 4.79 Å². The van der Waals surface area contributed by atoms with E-state index in [1.54, 1.807) is 13.3 Å². The number of benzene rings is 2. The Balaban J connectivity index is 1.76. The Labute approximate surface area is 179 Å². The number of hydrogen-bond donors (Lipinski definition) is 1. The maximum absolute atomic E-state index is 11.9. The number of carbonyl (C=O) groups excluding carboxylic acids is 1. The van der Waals surface area contributed by atoms with Crippen LogP contribution in [0.5, 0.6) is 11.5 Å². The van der Waals surface area contributed by atoms with Crippen molar-refractivity contribution in [3.8, 4) is 11.5 Å². The molecule has 0 radical (unpaired) electrons. The van der Waals surface area contributed by atoms with E-state index in [1.165, 1.54) is 18.4 Å². The third-order valence-corrected chi connectivity index (χ3v) is 5.20. The van der Waals surface area contributed by atoms with Gasteiger partial charge in [-0.05, 0) is 24.1 Å². The molecule has 0 saturated carbocycles. The van der Waals surface area contributed by atoms with Crippen molar-refractivity contribution < 1.29 is 19.0 Å². The molecule has 7 nitrogen and oxygen atoms in total. The minimum atomic E-state index is -0.397. The molecule has 0 aliphatic heterocycles. The first-order valence-electron chi connectivity index (χ1n) is 9.37. The second kappa shape index (κ2) is 10.4. The molecule has 0 unspecified atom stereocenters. The molecule has 1 heterocycles. The molecule has 0 fully saturated rings. The van der Waals surface area contributed by atoms with Crippen LogP contribution < -0.4 is 14.9 Å². The third-order valence-electron chi connectivity index (χ3n) is 4.22. The van der Waals surface area contributed by atoms with Gasteiger partial charge in [0.05, 0.1) is 26.1 Å². The number of esters is 1. The summed E-state index contributed by atoms with van der Waals surface area (Å²) in [7, 11) is 2.95. The van der Waals surface area contributed by atoms with Crippen LogP contribution in [0.2, 0.25) is 0 Å². The van der Waals surface area contributed by atoms with Crippen molar-refractivity contribution in [2.24, 2.45) is 5.10 Å². The maximum Gasteiger partial charge on any atom is 0.350 e. The van der Waals surface area contributed by atoms with Crippen LogP contribution in [0, 0.1) is 0 Å². The molecule has 156 valence electrons. The first-order chi connectivity index (χ1) is 14.7. The van der Waals surface area contributed by atoms with Gasteiger partial charge in [-0.15, -0.1) is 0 Å². The Morgan fingerprint density at radius 2 is 1.97 bits per heavy atom. The van der Waals surface area contributed by atoms with Gasteiger partial charge in [-0.2, -0.15) is 5.10 Å². The van der Waals surface area contributed by atoms with E-state index in [4.69, 9.17) is 14.2 Å². The van der Waals surface area contributed by atoms with Gasteiger partial charge in [-0.3, -0.25) is 5.43 Å². The van der Waals surface area contributed by atoms with Crippen LogP contribution in [0.3, 0.4) is 0 Å². The van der Waals surface area contributed by atoms with E-state index in [1.807, 2.05) is 55.5 Å². The Morgan fingerprint density at radius 3 is 2.67 bits per heavy atom. The number of hydrogen-bond acceptors (Lipinski definition) is 8. The van der Waals surface area contributed by atoms with Crippen LogP contribution >= 0.6 is 11.3 Å². The van der Waals surface area contributed by atoms with Gasteiger partial charge >= 0.3 is 5.97 Å². The number of thiazole rings is 1. The zero-order chi connectivity index (χ0) is 21.3. The normalized spacial score (nSPS) is 10.8. The number of hydrazone groups is 1. The van der Waals surface area contributed by atoms with Crippen LogP contribution in [0.25, 0.3) is 0 Å². The number of aryl methyl sites for hydroxylation is 1. The fraction of sp³-hybridized carbons (Fsp3) is 0.227. The zero-order valence-electron chi connectivity index (χ0n) is 17.0. The van der Waals surface area contributed by atoms with Crippen molar-refractivity contribution in [2.45, 2.75) is 20.0 Å². The highest BCUT2D eigenvalue weighted by Crippen LogP contribution is 2.31. The van der Waals surface area contributed by atoms with E-state index in [2.05, 4.69) is 15.5 Å². The molecular formula is C22H23N3O4S. The van der Waals surface area contributed by atoms with E-state index in [-0.39, 0.29) is 0 Å². The maximum atomic E-state index is 11.9. The second-order valence-corrected chi connectivity index (χ2v) is 7.16. The molecule has 0 spiro atoms. The van der Waals surface area contributed by atoms with Crippen LogP contribution in [-0.2, 0) is 17.8 Å².